The summed E-state index contributed by atoms with van der Waals surface area (Å²) in [7, 11) is 0. The molecule has 1 nitrogen and oxygen atoms in total. The van der Waals surface area contributed by atoms with E-state index in [0.29, 0.717) is 12.1 Å². The second-order valence-electron chi connectivity index (χ2n) is 4.97. The molecule has 0 aromatic heterocycles. The molecule has 1 heterocycles. The Balaban J connectivity index is 2.00. The van der Waals surface area contributed by atoms with Crippen LogP contribution in [-0.4, -0.2) is 6.04 Å². The van der Waals surface area contributed by atoms with E-state index in [4.69, 9.17) is 0 Å². The van der Waals surface area contributed by atoms with Crippen molar-refractivity contribution in [3.8, 4) is 0 Å². The minimum Gasteiger partial charge on any atom is -0.307 e. The lowest BCUT2D eigenvalue weighted by Gasteiger charge is -2.35. The number of rotatable bonds is 1. The average molecular weight is 211 g/mol. The van der Waals surface area contributed by atoms with Gasteiger partial charge in [-0.25, -0.2) is 0 Å². The van der Waals surface area contributed by atoms with E-state index in [1.54, 1.807) is 0 Å². The van der Waals surface area contributed by atoms with Gasteiger partial charge in [0.25, 0.3) is 0 Å². The summed E-state index contributed by atoms with van der Waals surface area (Å²) < 4.78 is 0. The highest BCUT2D eigenvalue weighted by atomic mass is 15.0. The Bertz CT molecular complexity index is 524. The molecule has 0 bridgehead atoms. The first-order chi connectivity index (χ1) is 7.72. The van der Waals surface area contributed by atoms with Crippen LogP contribution in [0.2, 0.25) is 0 Å². The third kappa shape index (κ3) is 1.61. The zero-order chi connectivity index (χ0) is 11.1. The summed E-state index contributed by atoms with van der Waals surface area (Å²) in [5, 5.41) is 6.23. The predicted molar refractivity (Wildman–Crippen MR) is 68.6 cm³/mol. The zero-order valence-electron chi connectivity index (χ0n) is 9.83. The molecule has 2 aromatic carbocycles. The fourth-order valence-electron chi connectivity index (χ4n) is 2.51. The predicted octanol–water partition coefficient (Wildman–Crippen LogP) is 3.57. The lowest BCUT2D eigenvalue weighted by molar-refractivity contribution is 0.288. The van der Waals surface area contributed by atoms with E-state index >= 15 is 0 Å². The Hall–Kier alpha value is -1.34. The molecule has 82 valence electrons. The molecule has 2 aromatic rings. The SMILES string of the molecule is Cc1ccc2cc(C3CC(C)N3)ccc2c1. The van der Waals surface area contributed by atoms with E-state index in [2.05, 4.69) is 55.6 Å². The molecule has 1 aliphatic rings. The van der Waals surface area contributed by atoms with Gasteiger partial charge < -0.3 is 5.32 Å². The Morgan fingerprint density at radius 2 is 1.75 bits per heavy atom. The van der Waals surface area contributed by atoms with E-state index in [1.165, 1.54) is 28.3 Å². The van der Waals surface area contributed by atoms with Crippen molar-refractivity contribution in [2.75, 3.05) is 0 Å². The molecule has 1 saturated heterocycles. The van der Waals surface area contributed by atoms with Gasteiger partial charge in [0.2, 0.25) is 0 Å². The van der Waals surface area contributed by atoms with Gasteiger partial charge in [0.15, 0.2) is 0 Å². The third-order valence-electron chi connectivity index (χ3n) is 3.50. The van der Waals surface area contributed by atoms with Crippen LogP contribution in [0.3, 0.4) is 0 Å². The number of fused-ring (bicyclic) bond motifs is 1. The molecule has 1 N–H and O–H groups in total. The van der Waals surface area contributed by atoms with Gasteiger partial charge in [0.1, 0.15) is 0 Å². The van der Waals surface area contributed by atoms with Gasteiger partial charge >= 0.3 is 0 Å². The standard InChI is InChI=1S/C15H17N/c1-10-3-4-13-9-14(6-5-12(13)7-10)15-8-11(2)16-15/h3-7,9,11,15-16H,8H2,1-2H3. The van der Waals surface area contributed by atoms with Crippen LogP contribution < -0.4 is 5.32 Å². The van der Waals surface area contributed by atoms with E-state index in [1.807, 2.05) is 0 Å². The zero-order valence-corrected chi connectivity index (χ0v) is 9.83. The van der Waals surface area contributed by atoms with Gasteiger partial charge in [-0.1, -0.05) is 35.9 Å². The first-order valence-corrected chi connectivity index (χ1v) is 5.99. The van der Waals surface area contributed by atoms with Crippen molar-refractivity contribution in [1.29, 1.82) is 0 Å². The molecular formula is C15H17N. The van der Waals surface area contributed by atoms with Gasteiger partial charge in [-0.05, 0) is 42.7 Å². The highest BCUT2D eigenvalue weighted by molar-refractivity contribution is 5.83. The molecular weight excluding hydrogens is 194 g/mol. The molecule has 16 heavy (non-hydrogen) atoms. The van der Waals surface area contributed by atoms with Crippen molar-refractivity contribution >= 4 is 10.8 Å². The second-order valence-corrected chi connectivity index (χ2v) is 4.97. The molecule has 1 heteroatoms. The van der Waals surface area contributed by atoms with Crippen molar-refractivity contribution < 1.29 is 0 Å². The maximum absolute atomic E-state index is 3.54. The van der Waals surface area contributed by atoms with Gasteiger partial charge in [0.05, 0.1) is 0 Å². The maximum Gasteiger partial charge on any atom is 0.0337 e. The summed E-state index contributed by atoms with van der Waals surface area (Å²) in [6, 6.07) is 14.7. The van der Waals surface area contributed by atoms with Crippen LogP contribution in [0, 0.1) is 6.92 Å². The van der Waals surface area contributed by atoms with Crippen molar-refractivity contribution in [2.45, 2.75) is 32.4 Å². The summed E-state index contributed by atoms with van der Waals surface area (Å²) >= 11 is 0. The summed E-state index contributed by atoms with van der Waals surface area (Å²) in [4.78, 5) is 0. The van der Waals surface area contributed by atoms with Crippen LogP contribution in [0.15, 0.2) is 36.4 Å². The second kappa shape index (κ2) is 3.60. The summed E-state index contributed by atoms with van der Waals surface area (Å²) in [6.45, 7) is 4.38. The van der Waals surface area contributed by atoms with E-state index in [0.717, 1.165) is 0 Å². The number of nitrogens with one attached hydrogen (secondary N) is 1. The summed E-state index contributed by atoms with van der Waals surface area (Å²) in [5.74, 6) is 0. The monoisotopic (exact) mass is 211 g/mol. The molecule has 0 radical (unpaired) electrons. The Morgan fingerprint density at radius 3 is 2.50 bits per heavy atom. The first kappa shape index (κ1) is 9.86. The number of aryl methyl sites for hydroxylation is 1. The normalized spacial score (nSPS) is 24.4. The fourth-order valence-corrected chi connectivity index (χ4v) is 2.51. The topological polar surface area (TPSA) is 12.0 Å². The molecule has 1 fully saturated rings. The molecule has 1 aliphatic heterocycles. The smallest absolute Gasteiger partial charge is 0.0337 e. The molecule has 3 rings (SSSR count). The highest BCUT2D eigenvalue weighted by Crippen LogP contribution is 2.29. The Labute approximate surface area is 96.5 Å². The Kier molecular flexibility index (Phi) is 2.22. The summed E-state index contributed by atoms with van der Waals surface area (Å²) in [6.07, 6.45) is 1.26. The maximum atomic E-state index is 3.54. The van der Waals surface area contributed by atoms with Gasteiger partial charge in [0, 0.05) is 12.1 Å². The molecule has 0 saturated carbocycles. The average Bonchev–Trinajstić information content (AvgIpc) is 2.24. The van der Waals surface area contributed by atoms with Gasteiger partial charge in [-0.2, -0.15) is 0 Å². The Morgan fingerprint density at radius 1 is 1.06 bits per heavy atom. The van der Waals surface area contributed by atoms with Gasteiger partial charge in [-0.3, -0.25) is 0 Å². The first-order valence-electron chi connectivity index (χ1n) is 5.99. The van der Waals surface area contributed by atoms with E-state index in [-0.39, 0.29) is 0 Å². The third-order valence-corrected chi connectivity index (χ3v) is 3.50. The highest BCUT2D eigenvalue weighted by Gasteiger charge is 2.25. The lowest BCUT2D eigenvalue weighted by Crippen LogP contribution is -2.43. The minimum absolute atomic E-state index is 0.570. The summed E-state index contributed by atoms with van der Waals surface area (Å²) in [5.41, 5.74) is 2.75. The molecule has 0 aliphatic carbocycles. The van der Waals surface area contributed by atoms with Crippen molar-refractivity contribution in [3.63, 3.8) is 0 Å². The number of hydrogen-bond acceptors (Lipinski definition) is 1. The number of benzene rings is 2. The fraction of sp³-hybridized carbons (Fsp3) is 0.333. The molecule has 0 spiro atoms. The van der Waals surface area contributed by atoms with Crippen molar-refractivity contribution in [1.82, 2.24) is 5.32 Å². The van der Waals surface area contributed by atoms with Crippen LogP contribution in [-0.2, 0) is 0 Å². The van der Waals surface area contributed by atoms with Crippen molar-refractivity contribution in [3.05, 3.63) is 47.5 Å². The van der Waals surface area contributed by atoms with Crippen LogP contribution in [0.1, 0.15) is 30.5 Å². The quantitative estimate of drug-likeness (QED) is 0.760. The molecule has 0 amide bonds. The van der Waals surface area contributed by atoms with Crippen LogP contribution in [0.4, 0.5) is 0 Å². The van der Waals surface area contributed by atoms with E-state index < -0.39 is 0 Å². The largest absolute Gasteiger partial charge is 0.307 e. The number of hydrogen-bond donors (Lipinski definition) is 1. The molecule has 2 unspecified atom stereocenters. The molecule has 2 atom stereocenters. The van der Waals surface area contributed by atoms with Crippen LogP contribution in [0.5, 0.6) is 0 Å². The van der Waals surface area contributed by atoms with E-state index in [9.17, 15) is 0 Å². The van der Waals surface area contributed by atoms with Gasteiger partial charge in [-0.15, -0.1) is 0 Å². The van der Waals surface area contributed by atoms with Crippen LogP contribution in [0.25, 0.3) is 10.8 Å². The van der Waals surface area contributed by atoms with Crippen LogP contribution >= 0.6 is 0 Å². The lowest BCUT2D eigenvalue weighted by atomic mass is 9.90. The van der Waals surface area contributed by atoms with Crippen molar-refractivity contribution in [2.24, 2.45) is 0 Å². The minimum atomic E-state index is 0.570.